The number of carbonyl (C=O) groups is 2. The lowest BCUT2D eigenvalue weighted by molar-refractivity contribution is -0.111. The Morgan fingerprint density at radius 3 is 2.85 bits per heavy atom. The topological polar surface area (TPSA) is 79.3 Å². The highest BCUT2D eigenvalue weighted by Gasteiger charge is 2.11. The number of hydrogen-bond donors (Lipinski definition) is 2. The number of anilines is 1. The molecule has 2 N–H and O–H groups in total. The van der Waals surface area contributed by atoms with Crippen LogP contribution in [0.15, 0.2) is 35.9 Å². The summed E-state index contributed by atoms with van der Waals surface area (Å²) in [6.07, 6.45) is 4.48. The Bertz CT molecular complexity index is 677. The minimum atomic E-state index is -1.13. The molecule has 2 heterocycles. The van der Waals surface area contributed by atoms with Gasteiger partial charge in [-0.2, -0.15) is 0 Å². The van der Waals surface area contributed by atoms with E-state index >= 15 is 0 Å². The summed E-state index contributed by atoms with van der Waals surface area (Å²) in [6, 6.07) is 4.85. The molecule has 0 aliphatic heterocycles. The first kappa shape index (κ1) is 14.0. The molecule has 1 amide bonds. The van der Waals surface area contributed by atoms with E-state index in [0.717, 1.165) is 10.4 Å². The summed E-state index contributed by atoms with van der Waals surface area (Å²) in [5.41, 5.74) is 1.05. The summed E-state index contributed by atoms with van der Waals surface area (Å²) in [6.45, 7) is 1.95. The van der Waals surface area contributed by atoms with Crippen LogP contribution >= 0.6 is 11.3 Å². The fourth-order valence-electron chi connectivity index (χ4n) is 1.54. The molecule has 0 aromatic carbocycles. The first-order valence-corrected chi connectivity index (χ1v) is 6.67. The highest BCUT2D eigenvalue weighted by atomic mass is 32.1. The largest absolute Gasteiger partial charge is 0.478 e. The van der Waals surface area contributed by atoms with Crippen molar-refractivity contribution in [2.75, 3.05) is 5.32 Å². The fourth-order valence-corrected chi connectivity index (χ4v) is 2.36. The first-order valence-electron chi connectivity index (χ1n) is 5.79. The van der Waals surface area contributed by atoms with Crippen molar-refractivity contribution in [3.63, 3.8) is 0 Å². The van der Waals surface area contributed by atoms with Gasteiger partial charge >= 0.3 is 5.97 Å². The summed E-state index contributed by atoms with van der Waals surface area (Å²) in [5, 5.41) is 13.4. The zero-order chi connectivity index (χ0) is 14.5. The van der Waals surface area contributed by atoms with Gasteiger partial charge in [0.25, 0.3) is 0 Å². The highest BCUT2D eigenvalue weighted by Crippen LogP contribution is 2.17. The van der Waals surface area contributed by atoms with Crippen LogP contribution in [0.2, 0.25) is 0 Å². The van der Waals surface area contributed by atoms with Crippen molar-refractivity contribution < 1.29 is 14.7 Å². The Morgan fingerprint density at radius 2 is 2.20 bits per heavy atom. The lowest BCUT2D eigenvalue weighted by Gasteiger charge is -2.04. The summed E-state index contributed by atoms with van der Waals surface area (Å²) in [5.74, 6) is -1.51. The SMILES string of the molecule is Cc1ccsc1C=CC(=O)Nc1ncccc1C(=O)O. The molecule has 2 aromatic rings. The van der Waals surface area contributed by atoms with Gasteiger partial charge in [0.15, 0.2) is 0 Å². The molecule has 0 spiro atoms. The van der Waals surface area contributed by atoms with E-state index in [9.17, 15) is 9.59 Å². The van der Waals surface area contributed by atoms with Crippen LogP contribution < -0.4 is 5.32 Å². The second kappa shape index (κ2) is 6.12. The molecule has 0 bridgehead atoms. The van der Waals surface area contributed by atoms with Gasteiger partial charge in [-0.1, -0.05) is 0 Å². The number of rotatable bonds is 4. The van der Waals surface area contributed by atoms with E-state index in [1.165, 1.54) is 35.7 Å². The number of aromatic carboxylic acids is 1. The van der Waals surface area contributed by atoms with E-state index < -0.39 is 11.9 Å². The molecule has 0 fully saturated rings. The van der Waals surface area contributed by atoms with Crippen LogP contribution in [-0.4, -0.2) is 22.0 Å². The average molecular weight is 288 g/mol. The van der Waals surface area contributed by atoms with E-state index in [4.69, 9.17) is 5.11 Å². The molecule has 6 heteroatoms. The van der Waals surface area contributed by atoms with Crippen molar-refractivity contribution in [1.29, 1.82) is 0 Å². The molecule has 5 nitrogen and oxygen atoms in total. The van der Waals surface area contributed by atoms with E-state index in [0.29, 0.717) is 0 Å². The van der Waals surface area contributed by atoms with Crippen molar-refractivity contribution in [2.45, 2.75) is 6.92 Å². The molecular formula is C14H12N2O3S. The molecule has 0 aliphatic carbocycles. The zero-order valence-electron chi connectivity index (χ0n) is 10.7. The van der Waals surface area contributed by atoms with Crippen LogP contribution in [0.5, 0.6) is 0 Å². The Hall–Kier alpha value is -2.47. The molecular weight excluding hydrogens is 276 g/mol. The van der Waals surface area contributed by atoms with E-state index in [1.807, 2.05) is 18.4 Å². The molecule has 20 heavy (non-hydrogen) atoms. The van der Waals surface area contributed by atoms with E-state index in [-0.39, 0.29) is 11.4 Å². The fraction of sp³-hybridized carbons (Fsp3) is 0.0714. The lowest BCUT2D eigenvalue weighted by Crippen LogP contribution is -2.13. The van der Waals surface area contributed by atoms with Crippen molar-refractivity contribution in [3.8, 4) is 0 Å². The average Bonchev–Trinajstić information content (AvgIpc) is 2.82. The number of nitrogens with one attached hydrogen (secondary N) is 1. The Labute approximate surface area is 119 Å². The normalized spacial score (nSPS) is 10.7. The van der Waals surface area contributed by atoms with Gasteiger partial charge in [-0.3, -0.25) is 4.79 Å². The molecule has 0 radical (unpaired) electrons. The van der Waals surface area contributed by atoms with Crippen LogP contribution in [0.3, 0.4) is 0 Å². The van der Waals surface area contributed by atoms with E-state index in [2.05, 4.69) is 10.3 Å². The molecule has 0 unspecified atom stereocenters. The maximum atomic E-state index is 11.8. The monoisotopic (exact) mass is 288 g/mol. The predicted molar refractivity (Wildman–Crippen MR) is 77.9 cm³/mol. The number of aryl methyl sites for hydroxylation is 1. The number of carboxylic acid groups (broad SMARTS) is 1. The van der Waals surface area contributed by atoms with E-state index in [1.54, 1.807) is 6.08 Å². The second-order valence-electron chi connectivity index (χ2n) is 4.00. The second-order valence-corrected chi connectivity index (χ2v) is 4.94. The third kappa shape index (κ3) is 3.30. The van der Waals surface area contributed by atoms with Gasteiger partial charge in [-0.25, -0.2) is 9.78 Å². The number of carbonyl (C=O) groups excluding carboxylic acids is 1. The quantitative estimate of drug-likeness (QED) is 0.848. The summed E-state index contributed by atoms with van der Waals surface area (Å²) in [7, 11) is 0. The van der Waals surface area contributed by atoms with Gasteiger partial charge in [-0.05, 0) is 42.1 Å². The number of pyridine rings is 1. The van der Waals surface area contributed by atoms with Crippen LogP contribution in [0.1, 0.15) is 20.8 Å². The van der Waals surface area contributed by atoms with Gasteiger partial charge < -0.3 is 10.4 Å². The van der Waals surface area contributed by atoms with Crippen LogP contribution in [-0.2, 0) is 4.79 Å². The molecule has 2 aromatic heterocycles. The van der Waals surface area contributed by atoms with Crippen molar-refractivity contribution in [2.24, 2.45) is 0 Å². The van der Waals surface area contributed by atoms with Crippen molar-refractivity contribution in [3.05, 3.63) is 51.9 Å². The van der Waals surface area contributed by atoms with Gasteiger partial charge in [0, 0.05) is 17.2 Å². The predicted octanol–water partition coefficient (Wildman–Crippen LogP) is 2.80. The molecule has 102 valence electrons. The van der Waals surface area contributed by atoms with Crippen LogP contribution in [0, 0.1) is 6.92 Å². The number of carboxylic acids is 1. The van der Waals surface area contributed by atoms with Crippen LogP contribution in [0.4, 0.5) is 5.82 Å². The number of hydrogen-bond acceptors (Lipinski definition) is 4. The lowest BCUT2D eigenvalue weighted by atomic mass is 10.2. The molecule has 0 saturated heterocycles. The third-order valence-corrected chi connectivity index (χ3v) is 3.55. The molecule has 0 atom stereocenters. The standard InChI is InChI=1S/C14H12N2O3S/c1-9-6-8-20-11(9)4-5-12(17)16-13-10(14(18)19)3-2-7-15-13/h2-8H,1H3,(H,18,19)(H,15,16,17). The summed E-state index contributed by atoms with van der Waals surface area (Å²) >= 11 is 1.53. The smallest absolute Gasteiger partial charge is 0.339 e. The maximum absolute atomic E-state index is 11.8. The number of amides is 1. The minimum Gasteiger partial charge on any atom is -0.478 e. The Morgan fingerprint density at radius 1 is 1.40 bits per heavy atom. The Balaban J connectivity index is 2.11. The summed E-state index contributed by atoms with van der Waals surface area (Å²) < 4.78 is 0. The van der Waals surface area contributed by atoms with Crippen molar-refractivity contribution >= 4 is 35.1 Å². The van der Waals surface area contributed by atoms with Gasteiger partial charge in [0.1, 0.15) is 11.4 Å². The third-order valence-electron chi connectivity index (χ3n) is 2.57. The first-order chi connectivity index (χ1) is 9.58. The van der Waals surface area contributed by atoms with Crippen molar-refractivity contribution in [1.82, 2.24) is 4.98 Å². The van der Waals surface area contributed by atoms with Gasteiger partial charge in [0.2, 0.25) is 5.91 Å². The number of nitrogens with zero attached hydrogens (tertiary/aromatic N) is 1. The number of thiophene rings is 1. The van der Waals surface area contributed by atoms with Gasteiger partial charge in [0.05, 0.1) is 0 Å². The van der Waals surface area contributed by atoms with Gasteiger partial charge in [-0.15, -0.1) is 11.3 Å². The minimum absolute atomic E-state index is 0.0394. The zero-order valence-corrected chi connectivity index (χ0v) is 11.5. The summed E-state index contributed by atoms with van der Waals surface area (Å²) in [4.78, 5) is 27.6. The Kier molecular flexibility index (Phi) is 4.27. The molecule has 2 rings (SSSR count). The number of aromatic nitrogens is 1. The molecule has 0 saturated carbocycles. The highest BCUT2D eigenvalue weighted by molar-refractivity contribution is 7.11. The maximum Gasteiger partial charge on any atom is 0.339 e. The van der Waals surface area contributed by atoms with Crippen LogP contribution in [0.25, 0.3) is 6.08 Å². The molecule has 0 aliphatic rings.